The Morgan fingerprint density at radius 2 is 1.76 bits per heavy atom. The molecule has 0 unspecified atom stereocenters. The maximum Gasteiger partial charge on any atom is 0.272 e. The molecule has 0 spiro atoms. The quantitative estimate of drug-likeness (QED) is 0.389. The summed E-state index contributed by atoms with van der Waals surface area (Å²) in [4.78, 5) is 50.1. The average molecular weight is 568 g/mol. The number of hydrogen-bond donors (Lipinski definition) is 2. The number of ether oxygens (including phenoxy) is 1. The topological polar surface area (TPSA) is 131 Å². The van der Waals surface area contributed by atoms with E-state index in [9.17, 15) is 14.4 Å². The molecule has 1 aliphatic heterocycles. The minimum atomic E-state index is -0.493. The predicted molar refractivity (Wildman–Crippen MR) is 156 cm³/mol. The Labute approximate surface area is 243 Å². The van der Waals surface area contributed by atoms with Crippen LogP contribution in [0.15, 0.2) is 79.0 Å². The van der Waals surface area contributed by atoms with Crippen molar-refractivity contribution in [3.05, 3.63) is 96.1 Å². The Bertz CT molecular complexity index is 1540. The molecule has 0 saturated carbocycles. The number of benzene rings is 2. The number of nitrogens with zero attached hydrogens (tertiary/aromatic N) is 5. The Hall–Kier alpha value is -5.06. The highest BCUT2D eigenvalue weighted by Crippen LogP contribution is 2.24. The van der Waals surface area contributed by atoms with Crippen LogP contribution >= 0.6 is 0 Å². The Kier molecular flexibility index (Phi) is 8.86. The predicted octanol–water partition coefficient (Wildman–Crippen LogP) is 3.12. The van der Waals surface area contributed by atoms with Gasteiger partial charge in [0, 0.05) is 30.4 Å². The van der Waals surface area contributed by atoms with Crippen LogP contribution in [0.3, 0.4) is 0 Å². The van der Waals surface area contributed by atoms with Crippen molar-refractivity contribution in [1.29, 1.82) is 0 Å². The van der Waals surface area contributed by atoms with Crippen molar-refractivity contribution in [3.63, 3.8) is 0 Å². The number of fused-ring (bicyclic) bond motifs is 3. The zero-order chi connectivity index (χ0) is 29.5. The van der Waals surface area contributed by atoms with Gasteiger partial charge in [-0.05, 0) is 36.2 Å². The van der Waals surface area contributed by atoms with Crippen LogP contribution in [0.4, 0.5) is 0 Å². The second kappa shape index (κ2) is 13.1. The van der Waals surface area contributed by atoms with Gasteiger partial charge in [0.15, 0.2) is 11.6 Å². The number of rotatable bonds is 3. The first-order valence-electron chi connectivity index (χ1n) is 13.9. The van der Waals surface area contributed by atoms with Gasteiger partial charge in [-0.3, -0.25) is 19.4 Å². The molecule has 42 heavy (non-hydrogen) atoms. The smallest absolute Gasteiger partial charge is 0.272 e. The van der Waals surface area contributed by atoms with Crippen LogP contribution in [0.1, 0.15) is 46.6 Å². The molecule has 1 atom stereocenters. The molecule has 11 nitrogen and oxygen atoms in total. The van der Waals surface area contributed by atoms with Crippen LogP contribution in [0.25, 0.3) is 11.4 Å². The number of pyridine rings is 1. The molecule has 3 amide bonds. The highest BCUT2D eigenvalue weighted by atomic mass is 16.5. The van der Waals surface area contributed by atoms with Crippen molar-refractivity contribution in [2.75, 3.05) is 26.2 Å². The van der Waals surface area contributed by atoms with Gasteiger partial charge in [0.2, 0.25) is 5.91 Å². The van der Waals surface area contributed by atoms with E-state index in [1.54, 1.807) is 47.1 Å². The molecule has 5 rings (SSSR count). The molecule has 0 fully saturated rings. The fraction of sp³-hybridized carbons (Fsp3) is 0.290. The maximum absolute atomic E-state index is 13.5. The second-order valence-electron chi connectivity index (χ2n) is 10.2. The Morgan fingerprint density at radius 3 is 2.52 bits per heavy atom. The van der Waals surface area contributed by atoms with Gasteiger partial charge in [-0.2, -0.15) is 5.10 Å². The first-order valence-corrected chi connectivity index (χ1v) is 13.9. The lowest BCUT2D eigenvalue weighted by Crippen LogP contribution is -2.46. The fourth-order valence-corrected chi connectivity index (χ4v) is 4.67. The van der Waals surface area contributed by atoms with Crippen molar-refractivity contribution in [2.45, 2.75) is 26.4 Å². The van der Waals surface area contributed by atoms with Gasteiger partial charge in [-0.15, -0.1) is 0 Å². The van der Waals surface area contributed by atoms with Crippen molar-refractivity contribution < 1.29 is 19.1 Å². The molecule has 0 aliphatic carbocycles. The molecule has 2 bridgehead atoms. The van der Waals surface area contributed by atoms with Gasteiger partial charge >= 0.3 is 0 Å². The molecule has 216 valence electrons. The third-order valence-electron chi connectivity index (χ3n) is 6.83. The largest absolute Gasteiger partial charge is 0.492 e. The minimum Gasteiger partial charge on any atom is -0.492 e. The summed E-state index contributed by atoms with van der Waals surface area (Å²) in [7, 11) is 0. The van der Waals surface area contributed by atoms with Crippen molar-refractivity contribution in [1.82, 2.24) is 35.3 Å². The third kappa shape index (κ3) is 6.80. The van der Waals surface area contributed by atoms with Crippen LogP contribution in [0, 0.1) is 5.92 Å². The number of hydrogen-bond acceptors (Lipinski definition) is 7. The fourth-order valence-electron chi connectivity index (χ4n) is 4.67. The number of aromatic nitrogens is 4. The van der Waals surface area contributed by atoms with Crippen LogP contribution in [0.2, 0.25) is 0 Å². The normalized spacial score (nSPS) is 16.5. The summed E-state index contributed by atoms with van der Waals surface area (Å²) in [6, 6.07) is 21.0. The Balaban J connectivity index is 1.50. The maximum atomic E-state index is 13.5. The molecule has 11 heteroatoms. The van der Waals surface area contributed by atoms with E-state index in [0.29, 0.717) is 29.5 Å². The number of carbonyl (C=O) groups is 3. The third-order valence-corrected chi connectivity index (χ3v) is 6.83. The highest BCUT2D eigenvalue weighted by molar-refractivity contribution is 5.96. The lowest BCUT2D eigenvalue weighted by Gasteiger charge is -2.26. The number of amides is 3. The zero-order valence-corrected chi connectivity index (χ0v) is 23.6. The summed E-state index contributed by atoms with van der Waals surface area (Å²) in [6.07, 6.45) is 1.52. The van der Waals surface area contributed by atoms with Gasteiger partial charge < -0.3 is 20.3 Å². The summed E-state index contributed by atoms with van der Waals surface area (Å²) in [5.41, 5.74) is 1.48. The van der Waals surface area contributed by atoms with Crippen molar-refractivity contribution in [2.24, 2.45) is 5.92 Å². The number of nitrogens with one attached hydrogen (secondary N) is 2. The first-order chi connectivity index (χ1) is 20.4. The van der Waals surface area contributed by atoms with Crippen LogP contribution in [0.5, 0.6) is 5.75 Å². The molecular formula is C31H33N7O4. The summed E-state index contributed by atoms with van der Waals surface area (Å²) >= 11 is 0. The molecule has 0 radical (unpaired) electrons. The monoisotopic (exact) mass is 567 g/mol. The summed E-state index contributed by atoms with van der Waals surface area (Å²) < 4.78 is 7.74. The van der Waals surface area contributed by atoms with Gasteiger partial charge in [-0.25, -0.2) is 9.67 Å². The van der Waals surface area contributed by atoms with Crippen LogP contribution in [-0.4, -0.2) is 68.6 Å². The zero-order valence-electron chi connectivity index (χ0n) is 23.6. The standard InChI is InChI=1S/C31H33N7O4/c1-21(2)27-29-35-28(22-9-4-3-5-10-22)36-38(29)17-18-42-24-12-8-11-23(19-24)30(40)33-15-16-37(20-26(39)34-27)31(41)25-13-6-7-14-32-25/h3-14,19,21,27H,15-18,20H2,1-2H3,(H,33,40)(H,34,39)/t27-/m0/s1. The van der Waals surface area contributed by atoms with Crippen LogP contribution in [-0.2, 0) is 11.3 Å². The van der Waals surface area contributed by atoms with Crippen LogP contribution < -0.4 is 15.4 Å². The minimum absolute atomic E-state index is 0.0422. The number of carbonyl (C=O) groups excluding carboxylic acids is 3. The van der Waals surface area contributed by atoms with Gasteiger partial charge in [0.05, 0.1) is 19.1 Å². The van der Waals surface area contributed by atoms with E-state index in [4.69, 9.17) is 14.8 Å². The molecule has 3 heterocycles. The van der Waals surface area contributed by atoms with E-state index in [2.05, 4.69) is 15.6 Å². The lowest BCUT2D eigenvalue weighted by molar-refractivity contribution is -0.123. The lowest BCUT2D eigenvalue weighted by atomic mass is 10.0. The average Bonchev–Trinajstić information content (AvgIpc) is 3.43. The molecule has 2 aromatic heterocycles. The van der Waals surface area contributed by atoms with E-state index in [-0.39, 0.29) is 49.7 Å². The molecule has 4 aromatic rings. The Morgan fingerprint density at radius 1 is 0.976 bits per heavy atom. The van der Waals surface area contributed by atoms with Crippen molar-refractivity contribution >= 4 is 17.7 Å². The van der Waals surface area contributed by atoms with Gasteiger partial charge in [0.1, 0.15) is 18.1 Å². The molecule has 2 N–H and O–H groups in total. The van der Waals surface area contributed by atoms with Gasteiger partial charge in [-0.1, -0.05) is 56.3 Å². The molecule has 0 saturated heterocycles. The summed E-state index contributed by atoms with van der Waals surface area (Å²) in [6.45, 7) is 4.61. The summed E-state index contributed by atoms with van der Waals surface area (Å²) in [5.74, 6) is 0.516. The van der Waals surface area contributed by atoms with Gasteiger partial charge in [0.25, 0.3) is 11.8 Å². The first kappa shape index (κ1) is 28.5. The van der Waals surface area contributed by atoms with E-state index in [1.807, 2.05) is 44.2 Å². The molecule has 2 aromatic carbocycles. The molecule has 1 aliphatic rings. The SMILES string of the molecule is CC(C)[C@@H]1NC(=O)CN(C(=O)c2ccccn2)CCNC(=O)c2cccc(c2)OCCn2nc(-c3ccccc3)nc21. The second-order valence-corrected chi connectivity index (χ2v) is 10.2. The highest BCUT2D eigenvalue weighted by Gasteiger charge is 2.28. The van der Waals surface area contributed by atoms with E-state index < -0.39 is 11.9 Å². The van der Waals surface area contributed by atoms with E-state index >= 15 is 0 Å². The van der Waals surface area contributed by atoms with Crippen molar-refractivity contribution in [3.8, 4) is 17.1 Å². The van der Waals surface area contributed by atoms with E-state index in [1.165, 1.54) is 11.1 Å². The van der Waals surface area contributed by atoms with E-state index in [0.717, 1.165) is 5.56 Å². The summed E-state index contributed by atoms with van der Waals surface area (Å²) in [5, 5.41) is 10.7. The molecular weight excluding hydrogens is 534 g/mol.